The highest BCUT2D eigenvalue weighted by molar-refractivity contribution is 5.49. The highest BCUT2D eigenvalue weighted by Crippen LogP contribution is 2.26. The number of hydrogen-bond acceptors (Lipinski definition) is 2. The van der Waals surface area contributed by atoms with E-state index in [0.29, 0.717) is 6.42 Å². The summed E-state index contributed by atoms with van der Waals surface area (Å²) in [6.07, 6.45) is 0.714. The number of hydrogen-bond donors (Lipinski definition) is 2. The molecule has 0 aliphatic rings. The number of rotatable bonds is 5. The van der Waals surface area contributed by atoms with Crippen molar-refractivity contribution in [3.8, 4) is 0 Å². The van der Waals surface area contributed by atoms with Gasteiger partial charge in [0.1, 0.15) is 0 Å². The molecule has 2 rings (SSSR count). The Bertz CT molecular complexity index is 578. The van der Waals surface area contributed by atoms with E-state index >= 15 is 0 Å². The lowest BCUT2D eigenvalue weighted by Gasteiger charge is -2.21. The molecule has 0 radical (unpaired) electrons. The maximum atomic E-state index is 8.95. The third-order valence-electron chi connectivity index (χ3n) is 3.91. The highest BCUT2D eigenvalue weighted by atomic mass is 16.2. The van der Waals surface area contributed by atoms with Gasteiger partial charge in [-0.15, -0.1) is 0 Å². The van der Waals surface area contributed by atoms with Gasteiger partial charge in [-0.1, -0.05) is 29.8 Å². The van der Waals surface area contributed by atoms with Crippen LogP contribution in [-0.4, -0.2) is 11.7 Å². The fourth-order valence-corrected chi connectivity index (χ4v) is 3.09. The summed E-state index contributed by atoms with van der Waals surface area (Å²) >= 11 is 0. The van der Waals surface area contributed by atoms with Gasteiger partial charge >= 0.3 is 0 Å². The monoisotopic (exact) mass is 283 g/mol. The highest BCUT2D eigenvalue weighted by Gasteiger charge is 2.11. The quantitative estimate of drug-likeness (QED) is 0.856. The molecule has 2 aromatic rings. The molecule has 2 N–H and O–H groups in total. The molecule has 0 saturated heterocycles. The van der Waals surface area contributed by atoms with Crippen molar-refractivity contribution in [1.29, 1.82) is 0 Å². The maximum Gasteiger partial charge on any atom is 0.0490 e. The minimum atomic E-state index is 0.199. The molecule has 21 heavy (non-hydrogen) atoms. The molecule has 0 aromatic heterocycles. The molecule has 0 bridgehead atoms. The van der Waals surface area contributed by atoms with Crippen LogP contribution in [0.15, 0.2) is 36.4 Å². The number of aliphatic hydroxyl groups excluding tert-OH is 1. The van der Waals surface area contributed by atoms with Crippen LogP contribution >= 0.6 is 0 Å². The Labute approximate surface area is 127 Å². The maximum absolute atomic E-state index is 8.95. The van der Waals surface area contributed by atoms with Crippen LogP contribution in [0.5, 0.6) is 0 Å². The summed E-state index contributed by atoms with van der Waals surface area (Å²) in [7, 11) is 0. The average Bonchev–Trinajstić information content (AvgIpc) is 2.40. The third kappa shape index (κ3) is 3.85. The van der Waals surface area contributed by atoms with E-state index in [4.69, 9.17) is 5.11 Å². The lowest BCUT2D eigenvalue weighted by molar-refractivity contribution is 0.299. The first-order valence-corrected chi connectivity index (χ1v) is 7.55. The summed E-state index contributed by atoms with van der Waals surface area (Å²) in [5.41, 5.74) is 7.64. The van der Waals surface area contributed by atoms with E-state index in [9.17, 15) is 0 Å². The Morgan fingerprint density at radius 1 is 1.00 bits per heavy atom. The lowest BCUT2D eigenvalue weighted by atomic mass is 9.94. The van der Waals surface area contributed by atoms with Gasteiger partial charge in [-0.3, -0.25) is 0 Å². The molecule has 0 aliphatic carbocycles. The van der Waals surface area contributed by atoms with Crippen molar-refractivity contribution in [3.63, 3.8) is 0 Å². The fraction of sp³-hybridized carbons (Fsp3) is 0.368. The molecule has 0 spiro atoms. The zero-order chi connectivity index (χ0) is 15.4. The minimum absolute atomic E-state index is 0.199. The number of nitrogens with one attached hydrogen (secondary N) is 1. The van der Waals surface area contributed by atoms with Crippen LogP contribution in [0.1, 0.15) is 40.8 Å². The van der Waals surface area contributed by atoms with Crippen LogP contribution in [0.4, 0.5) is 5.69 Å². The van der Waals surface area contributed by atoms with Crippen LogP contribution in [0.25, 0.3) is 0 Å². The molecule has 0 aliphatic heterocycles. The number of aliphatic hydroxyl groups is 1. The predicted molar refractivity (Wildman–Crippen MR) is 89.9 cm³/mol. The van der Waals surface area contributed by atoms with Gasteiger partial charge in [0.05, 0.1) is 0 Å². The summed E-state index contributed by atoms with van der Waals surface area (Å²) < 4.78 is 0. The second-order valence-corrected chi connectivity index (χ2v) is 5.85. The van der Waals surface area contributed by atoms with E-state index < -0.39 is 0 Å². The van der Waals surface area contributed by atoms with Crippen molar-refractivity contribution in [3.05, 3.63) is 64.2 Å². The van der Waals surface area contributed by atoms with Crippen LogP contribution in [0.2, 0.25) is 0 Å². The molecule has 1 unspecified atom stereocenters. The first-order valence-electron chi connectivity index (χ1n) is 7.55. The van der Waals surface area contributed by atoms with Crippen molar-refractivity contribution in [2.24, 2.45) is 0 Å². The van der Waals surface area contributed by atoms with Crippen molar-refractivity contribution in [1.82, 2.24) is 0 Å². The Kier molecular flexibility index (Phi) is 5.03. The third-order valence-corrected chi connectivity index (χ3v) is 3.91. The first kappa shape index (κ1) is 15.6. The Hall–Kier alpha value is -1.80. The molecular formula is C19H25NO. The van der Waals surface area contributed by atoms with Gasteiger partial charge in [-0.2, -0.15) is 0 Å². The summed E-state index contributed by atoms with van der Waals surface area (Å²) in [5.74, 6) is 0. The molecule has 1 atom stereocenters. The molecule has 112 valence electrons. The summed E-state index contributed by atoms with van der Waals surface area (Å²) in [6, 6.07) is 13.1. The summed E-state index contributed by atoms with van der Waals surface area (Å²) in [5, 5.41) is 12.5. The Morgan fingerprint density at radius 3 is 2.10 bits per heavy atom. The van der Waals surface area contributed by atoms with Crippen molar-refractivity contribution in [2.75, 3.05) is 11.9 Å². The van der Waals surface area contributed by atoms with Gasteiger partial charge < -0.3 is 10.4 Å². The smallest absolute Gasteiger partial charge is 0.0490 e. The normalized spacial score (nSPS) is 12.2. The van der Waals surface area contributed by atoms with E-state index in [1.807, 2.05) is 0 Å². The molecule has 2 nitrogen and oxygen atoms in total. The average molecular weight is 283 g/mol. The summed E-state index contributed by atoms with van der Waals surface area (Å²) in [6.45, 7) is 8.90. The largest absolute Gasteiger partial charge is 0.396 e. The van der Waals surface area contributed by atoms with Gasteiger partial charge in [-0.25, -0.2) is 0 Å². The van der Waals surface area contributed by atoms with E-state index in [1.165, 1.54) is 27.8 Å². The van der Waals surface area contributed by atoms with Gasteiger partial charge in [-0.05, 0) is 68.5 Å². The SMILES string of the molecule is Cc1cc(C)c(C(C)Nc2ccc(CCO)cc2)c(C)c1. The molecule has 0 amide bonds. The molecule has 0 fully saturated rings. The van der Waals surface area contributed by atoms with Crippen molar-refractivity contribution < 1.29 is 5.11 Å². The van der Waals surface area contributed by atoms with Crippen molar-refractivity contribution >= 4 is 5.69 Å². The van der Waals surface area contributed by atoms with Gasteiger partial charge in [0.25, 0.3) is 0 Å². The second kappa shape index (κ2) is 6.77. The molecule has 0 saturated carbocycles. The standard InChI is InChI=1S/C19H25NO/c1-13-11-14(2)19(15(3)12-13)16(4)20-18-7-5-17(6-8-18)9-10-21/h5-8,11-12,16,20-21H,9-10H2,1-4H3. The predicted octanol–water partition coefficient (Wildman–Crippen LogP) is 4.32. The first-order chi connectivity index (χ1) is 10.0. The van der Waals surface area contributed by atoms with Crippen LogP contribution in [0.3, 0.4) is 0 Å². The number of anilines is 1. The Balaban J connectivity index is 2.16. The minimum Gasteiger partial charge on any atom is -0.396 e. The molecular weight excluding hydrogens is 258 g/mol. The zero-order valence-electron chi connectivity index (χ0n) is 13.4. The second-order valence-electron chi connectivity index (χ2n) is 5.85. The number of aryl methyl sites for hydroxylation is 3. The van der Waals surface area contributed by atoms with Crippen LogP contribution in [-0.2, 0) is 6.42 Å². The lowest BCUT2D eigenvalue weighted by Crippen LogP contribution is -2.10. The van der Waals surface area contributed by atoms with E-state index in [2.05, 4.69) is 69.4 Å². The molecule has 2 heteroatoms. The van der Waals surface area contributed by atoms with Gasteiger partial charge in [0.15, 0.2) is 0 Å². The van der Waals surface area contributed by atoms with Crippen LogP contribution < -0.4 is 5.32 Å². The summed E-state index contributed by atoms with van der Waals surface area (Å²) in [4.78, 5) is 0. The zero-order valence-corrected chi connectivity index (χ0v) is 13.4. The number of benzene rings is 2. The van der Waals surface area contributed by atoms with E-state index in [-0.39, 0.29) is 12.6 Å². The van der Waals surface area contributed by atoms with E-state index in [0.717, 1.165) is 5.69 Å². The van der Waals surface area contributed by atoms with Gasteiger partial charge in [0.2, 0.25) is 0 Å². The fourth-order valence-electron chi connectivity index (χ4n) is 3.09. The van der Waals surface area contributed by atoms with E-state index in [1.54, 1.807) is 0 Å². The van der Waals surface area contributed by atoms with Crippen LogP contribution in [0, 0.1) is 20.8 Å². The van der Waals surface area contributed by atoms with Gasteiger partial charge in [0, 0.05) is 18.3 Å². The molecule has 2 aromatic carbocycles. The molecule has 0 heterocycles. The van der Waals surface area contributed by atoms with Crippen molar-refractivity contribution in [2.45, 2.75) is 40.2 Å². The Morgan fingerprint density at radius 2 is 1.57 bits per heavy atom. The topological polar surface area (TPSA) is 32.3 Å².